The normalized spacial score (nSPS) is 16.0. The molecule has 0 bridgehead atoms. The van der Waals surface area contributed by atoms with Crippen molar-refractivity contribution in [1.82, 2.24) is 4.90 Å². The molecule has 3 heteroatoms. The highest BCUT2D eigenvalue weighted by Gasteiger charge is 2.18. The second kappa shape index (κ2) is 6.41. The van der Waals surface area contributed by atoms with Crippen molar-refractivity contribution in [1.29, 1.82) is 0 Å². The molecule has 1 saturated heterocycles. The van der Waals surface area contributed by atoms with Crippen LogP contribution in [0.5, 0.6) is 5.75 Å². The van der Waals surface area contributed by atoms with Crippen LogP contribution in [-0.4, -0.2) is 36.2 Å². The fourth-order valence-electron chi connectivity index (χ4n) is 3.21. The van der Waals surface area contributed by atoms with Crippen molar-refractivity contribution in [3.05, 3.63) is 59.2 Å². The van der Waals surface area contributed by atoms with Crippen molar-refractivity contribution in [2.75, 3.05) is 31.1 Å². The molecule has 3 rings (SSSR count). The molecule has 0 radical (unpaired) electrons. The van der Waals surface area contributed by atoms with Gasteiger partial charge in [0, 0.05) is 44.0 Å². The summed E-state index contributed by atoms with van der Waals surface area (Å²) in [5.41, 5.74) is 4.54. The highest BCUT2D eigenvalue weighted by Crippen LogP contribution is 2.26. The van der Waals surface area contributed by atoms with Crippen LogP contribution in [0.2, 0.25) is 0 Å². The Kier molecular flexibility index (Phi) is 4.34. The number of phenolic OH excluding ortho intramolecular Hbond substituents is 1. The first-order valence-corrected chi connectivity index (χ1v) is 7.95. The molecule has 2 aromatic carbocycles. The van der Waals surface area contributed by atoms with Gasteiger partial charge in [0.2, 0.25) is 0 Å². The van der Waals surface area contributed by atoms with Crippen LogP contribution in [0.25, 0.3) is 0 Å². The van der Waals surface area contributed by atoms with Gasteiger partial charge in [-0.2, -0.15) is 0 Å². The molecule has 2 aromatic rings. The maximum Gasteiger partial charge on any atom is 0.122 e. The summed E-state index contributed by atoms with van der Waals surface area (Å²) >= 11 is 0. The minimum absolute atomic E-state index is 0.455. The summed E-state index contributed by atoms with van der Waals surface area (Å²) < 4.78 is 0. The maximum absolute atomic E-state index is 10.2. The Morgan fingerprint density at radius 1 is 0.955 bits per heavy atom. The van der Waals surface area contributed by atoms with E-state index in [1.165, 1.54) is 11.3 Å². The first-order chi connectivity index (χ1) is 10.6. The first kappa shape index (κ1) is 14.9. The van der Waals surface area contributed by atoms with Gasteiger partial charge in [-0.1, -0.05) is 35.9 Å². The monoisotopic (exact) mass is 296 g/mol. The van der Waals surface area contributed by atoms with E-state index in [9.17, 15) is 5.11 Å². The summed E-state index contributed by atoms with van der Waals surface area (Å²) in [5.74, 6) is 0.455. The number of aromatic hydroxyl groups is 1. The van der Waals surface area contributed by atoms with E-state index in [0.29, 0.717) is 5.75 Å². The van der Waals surface area contributed by atoms with Gasteiger partial charge in [0.1, 0.15) is 5.75 Å². The first-order valence-electron chi connectivity index (χ1n) is 7.95. The van der Waals surface area contributed by atoms with Gasteiger partial charge < -0.3 is 10.0 Å². The van der Waals surface area contributed by atoms with Gasteiger partial charge in [-0.3, -0.25) is 4.90 Å². The molecule has 0 atom stereocenters. The molecule has 22 heavy (non-hydrogen) atoms. The van der Waals surface area contributed by atoms with Crippen molar-refractivity contribution in [3.8, 4) is 5.75 Å². The van der Waals surface area contributed by atoms with Crippen LogP contribution in [0.3, 0.4) is 0 Å². The van der Waals surface area contributed by atoms with Crippen molar-refractivity contribution >= 4 is 5.69 Å². The predicted octanol–water partition coefficient (Wildman–Crippen LogP) is 3.33. The van der Waals surface area contributed by atoms with Gasteiger partial charge in [0.25, 0.3) is 0 Å². The van der Waals surface area contributed by atoms with Crippen LogP contribution in [0.1, 0.15) is 16.7 Å². The molecule has 0 saturated carbocycles. The number of aryl methyl sites for hydroxylation is 2. The fourth-order valence-corrected chi connectivity index (χ4v) is 3.21. The smallest absolute Gasteiger partial charge is 0.122 e. The van der Waals surface area contributed by atoms with Gasteiger partial charge in [0.15, 0.2) is 0 Å². The van der Waals surface area contributed by atoms with Gasteiger partial charge >= 0.3 is 0 Å². The number of hydrogen-bond acceptors (Lipinski definition) is 3. The summed E-state index contributed by atoms with van der Waals surface area (Å²) in [5, 5.41) is 10.2. The third kappa shape index (κ3) is 3.25. The van der Waals surface area contributed by atoms with Gasteiger partial charge in [-0.05, 0) is 31.5 Å². The molecule has 0 aliphatic carbocycles. The van der Waals surface area contributed by atoms with E-state index in [1.807, 2.05) is 13.0 Å². The molecule has 0 unspecified atom stereocenters. The van der Waals surface area contributed by atoms with Crippen LogP contribution in [0, 0.1) is 13.8 Å². The Bertz CT molecular complexity index is 631. The third-order valence-corrected chi connectivity index (χ3v) is 4.41. The minimum atomic E-state index is 0.455. The highest BCUT2D eigenvalue weighted by atomic mass is 16.3. The van der Waals surface area contributed by atoms with Crippen molar-refractivity contribution in [2.45, 2.75) is 20.4 Å². The molecule has 1 aliphatic rings. The van der Waals surface area contributed by atoms with E-state index in [-0.39, 0.29) is 0 Å². The van der Waals surface area contributed by atoms with E-state index in [0.717, 1.165) is 43.9 Å². The molecule has 1 N–H and O–H groups in total. The quantitative estimate of drug-likeness (QED) is 0.941. The van der Waals surface area contributed by atoms with Crippen molar-refractivity contribution in [2.24, 2.45) is 0 Å². The average Bonchev–Trinajstić information content (AvgIpc) is 2.54. The van der Waals surface area contributed by atoms with Crippen LogP contribution >= 0.6 is 0 Å². The number of rotatable bonds is 3. The number of phenols is 1. The molecule has 0 spiro atoms. The lowest BCUT2D eigenvalue weighted by Gasteiger charge is -2.36. The Morgan fingerprint density at radius 3 is 2.32 bits per heavy atom. The number of anilines is 1. The van der Waals surface area contributed by atoms with E-state index >= 15 is 0 Å². The van der Waals surface area contributed by atoms with Crippen LogP contribution in [-0.2, 0) is 6.54 Å². The second-order valence-electron chi connectivity index (χ2n) is 6.19. The largest absolute Gasteiger partial charge is 0.507 e. The van der Waals surface area contributed by atoms with Crippen LogP contribution < -0.4 is 4.90 Å². The molecule has 116 valence electrons. The molecule has 3 nitrogen and oxygen atoms in total. The molecule has 1 aliphatic heterocycles. The highest BCUT2D eigenvalue weighted by molar-refractivity contribution is 5.46. The Labute approximate surface area is 132 Å². The SMILES string of the molecule is Cc1cc(C)c(O)c(CN2CCN(c3ccccc3)CC2)c1. The second-order valence-corrected chi connectivity index (χ2v) is 6.19. The van der Waals surface area contributed by atoms with Crippen molar-refractivity contribution in [3.63, 3.8) is 0 Å². The Hall–Kier alpha value is -2.00. The predicted molar refractivity (Wildman–Crippen MR) is 91.5 cm³/mol. The molecule has 0 aromatic heterocycles. The zero-order valence-electron chi connectivity index (χ0n) is 13.4. The van der Waals surface area contributed by atoms with Gasteiger partial charge in [0.05, 0.1) is 0 Å². The number of para-hydroxylation sites is 1. The third-order valence-electron chi connectivity index (χ3n) is 4.41. The minimum Gasteiger partial charge on any atom is -0.507 e. The molecular formula is C19H24N2O. The van der Waals surface area contributed by atoms with E-state index in [4.69, 9.17) is 0 Å². The van der Waals surface area contributed by atoms with Crippen molar-refractivity contribution < 1.29 is 5.11 Å². The summed E-state index contributed by atoms with van der Waals surface area (Å²) in [6.07, 6.45) is 0. The summed E-state index contributed by atoms with van der Waals surface area (Å²) in [7, 11) is 0. The summed E-state index contributed by atoms with van der Waals surface area (Å²) in [4.78, 5) is 4.85. The number of hydrogen-bond donors (Lipinski definition) is 1. The van der Waals surface area contributed by atoms with Crippen LogP contribution in [0.15, 0.2) is 42.5 Å². The number of benzene rings is 2. The summed E-state index contributed by atoms with van der Waals surface area (Å²) in [6, 6.07) is 14.7. The molecular weight excluding hydrogens is 272 g/mol. The van der Waals surface area contributed by atoms with Crippen LogP contribution in [0.4, 0.5) is 5.69 Å². The van der Waals surface area contributed by atoms with Gasteiger partial charge in [-0.25, -0.2) is 0 Å². The molecule has 1 fully saturated rings. The maximum atomic E-state index is 10.2. The number of piperazine rings is 1. The Balaban J connectivity index is 1.63. The average molecular weight is 296 g/mol. The molecule has 1 heterocycles. The summed E-state index contributed by atoms with van der Waals surface area (Å²) in [6.45, 7) is 9.02. The lowest BCUT2D eigenvalue weighted by molar-refractivity contribution is 0.246. The fraction of sp³-hybridized carbons (Fsp3) is 0.368. The lowest BCUT2D eigenvalue weighted by Crippen LogP contribution is -2.45. The Morgan fingerprint density at radius 2 is 1.64 bits per heavy atom. The van der Waals surface area contributed by atoms with E-state index in [1.54, 1.807) is 0 Å². The van der Waals surface area contributed by atoms with E-state index in [2.05, 4.69) is 53.1 Å². The molecule has 0 amide bonds. The topological polar surface area (TPSA) is 26.7 Å². The standard InChI is InChI=1S/C19H24N2O/c1-15-12-16(2)19(22)17(13-15)14-20-8-10-21(11-9-20)18-6-4-3-5-7-18/h3-7,12-13,22H,8-11,14H2,1-2H3. The lowest BCUT2D eigenvalue weighted by atomic mass is 10.0. The number of nitrogens with zero attached hydrogens (tertiary/aromatic N) is 2. The van der Waals surface area contributed by atoms with E-state index < -0.39 is 0 Å². The van der Waals surface area contributed by atoms with Gasteiger partial charge in [-0.15, -0.1) is 0 Å². The zero-order valence-corrected chi connectivity index (χ0v) is 13.4. The zero-order chi connectivity index (χ0) is 15.5.